The Balaban J connectivity index is 2.20. The zero-order chi connectivity index (χ0) is 17.4. The molecule has 0 heterocycles. The van der Waals surface area contributed by atoms with Gasteiger partial charge in [0.15, 0.2) is 0 Å². The number of para-hydroxylation sites is 2. The fraction of sp³-hybridized carbons (Fsp3) is 0.263. The van der Waals surface area contributed by atoms with Crippen molar-refractivity contribution >= 4 is 11.8 Å². The first-order valence-corrected chi connectivity index (χ1v) is 8.03. The molecule has 0 unspecified atom stereocenters. The van der Waals surface area contributed by atoms with E-state index in [0.29, 0.717) is 30.2 Å². The summed E-state index contributed by atoms with van der Waals surface area (Å²) < 4.78 is 5.83. The van der Waals surface area contributed by atoms with Crippen LogP contribution in [0.15, 0.2) is 54.6 Å². The molecule has 2 rings (SSSR count). The molecule has 126 valence electrons. The lowest BCUT2D eigenvalue weighted by atomic mass is 10.1. The lowest BCUT2D eigenvalue weighted by molar-refractivity contribution is -0.121. The summed E-state index contributed by atoms with van der Waals surface area (Å²) in [6.07, 6.45) is 0. The minimum atomic E-state index is -0.227. The second-order valence-electron chi connectivity index (χ2n) is 5.18. The van der Waals surface area contributed by atoms with Gasteiger partial charge < -0.3 is 15.0 Å². The molecule has 0 aliphatic carbocycles. The van der Waals surface area contributed by atoms with Crippen LogP contribution < -0.4 is 10.1 Å². The second-order valence-corrected chi connectivity index (χ2v) is 5.18. The molecule has 0 atom stereocenters. The first kappa shape index (κ1) is 17.5. The third-order valence-corrected chi connectivity index (χ3v) is 3.47. The number of hydrogen-bond acceptors (Lipinski definition) is 3. The largest absolute Gasteiger partial charge is 0.457 e. The lowest BCUT2D eigenvalue weighted by Gasteiger charge is -2.21. The van der Waals surface area contributed by atoms with Crippen molar-refractivity contribution in [3.05, 3.63) is 60.2 Å². The predicted molar refractivity (Wildman–Crippen MR) is 93.2 cm³/mol. The quantitative estimate of drug-likeness (QED) is 0.850. The van der Waals surface area contributed by atoms with E-state index in [1.807, 2.05) is 50.2 Å². The molecule has 0 saturated carbocycles. The number of benzene rings is 2. The highest BCUT2D eigenvalue weighted by Crippen LogP contribution is 2.26. The van der Waals surface area contributed by atoms with Gasteiger partial charge in [0, 0.05) is 13.1 Å². The Hall–Kier alpha value is -2.82. The zero-order valence-electron chi connectivity index (χ0n) is 14.0. The molecule has 24 heavy (non-hydrogen) atoms. The Kier molecular flexibility index (Phi) is 6.37. The van der Waals surface area contributed by atoms with Crippen LogP contribution in [-0.4, -0.2) is 36.3 Å². The van der Waals surface area contributed by atoms with Gasteiger partial charge in [-0.2, -0.15) is 0 Å². The first-order valence-electron chi connectivity index (χ1n) is 8.03. The molecule has 0 fully saturated rings. The van der Waals surface area contributed by atoms with Gasteiger partial charge in [-0.3, -0.25) is 9.59 Å². The average molecular weight is 326 g/mol. The number of nitrogens with zero attached hydrogens (tertiary/aromatic N) is 1. The molecule has 0 aliphatic rings. The smallest absolute Gasteiger partial charge is 0.258 e. The number of carbonyl (C=O) groups is 2. The number of rotatable bonds is 7. The van der Waals surface area contributed by atoms with Crippen molar-refractivity contribution in [3.63, 3.8) is 0 Å². The van der Waals surface area contributed by atoms with Crippen LogP contribution in [0.1, 0.15) is 24.2 Å². The molecular formula is C19H22N2O3. The van der Waals surface area contributed by atoms with Crippen molar-refractivity contribution in [2.75, 3.05) is 19.6 Å². The predicted octanol–water partition coefficient (Wildman–Crippen LogP) is 3.08. The summed E-state index contributed by atoms with van der Waals surface area (Å²) in [5.41, 5.74) is 0.438. The monoisotopic (exact) mass is 326 g/mol. The molecule has 2 aromatic carbocycles. The Bertz CT molecular complexity index is 686. The van der Waals surface area contributed by atoms with Crippen LogP contribution in [0.2, 0.25) is 0 Å². The van der Waals surface area contributed by atoms with E-state index in [9.17, 15) is 9.59 Å². The maximum atomic E-state index is 12.8. The molecule has 5 heteroatoms. The molecule has 2 aromatic rings. The van der Waals surface area contributed by atoms with E-state index in [1.54, 1.807) is 18.2 Å². The van der Waals surface area contributed by atoms with E-state index in [-0.39, 0.29) is 18.4 Å². The molecule has 0 radical (unpaired) electrons. The molecule has 5 nitrogen and oxygen atoms in total. The van der Waals surface area contributed by atoms with Gasteiger partial charge in [0.05, 0.1) is 12.1 Å². The van der Waals surface area contributed by atoms with Gasteiger partial charge in [-0.15, -0.1) is 0 Å². The van der Waals surface area contributed by atoms with Crippen LogP contribution in [0.4, 0.5) is 0 Å². The summed E-state index contributed by atoms with van der Waals surface area (Å²) in [5.74, 6) is 0.733. The molecule has 0 spiro atoms. The molecule has 0 bridgehead atoms. The van der Waals surface area contributed by atoms with Crippen molar-refractivity contribution in [1.82, 2.24) is 10.2 Å². The Morgan fingerprint density at radius 1 is 1.00 bits per heavy atom. The molecular weight excluding hydrogens is 304 g/mol. The Morgan fingerprint density at radius 2 is 1.67 bits per heavy atom. The number of ether oxygens (including phenoxy) is 1. The standard InChI is InChI=1S/C19H22N2O3/c1-3-20-18(22)14-21(4-2)19(23)16-12-8-9-13-17(16)24-15-10-6-5-7-11-15/h5-13H,3-4,14H2,1-2H3,(H,20,22). The molecule has 0 aromatic heterocycles. The van der Waals surface area contributed by atoms with Crippen LogP contribution in [0.5, 0.6) is 11.5 Å². The summed E-state index contributed by atoms with van der Waals surface area (Å²) in [6.45, 7) is 4.70. The summed E-state index contributed by atoms with van der Waals surface area (Å²) in [4.78, 5) is 26.1. The number of hydrogen-bond donors (Lipinski definition) is 1. The normalized spacial score (nSPS) is 10.1. The highest BCUT2D eigenvalue weighted by Gasteiger charge is 2.20. The average Bonchev–Trinajstić information content (AvgIpc) is 2.61. The van der Waals surface area contributed by atoms with Crippen LogP contribution in [0.3, 0.4) is 0 Å². The third-order valence-electron chi connectivity index (χ3n) is 3.47. The lowest BCUT2D eigenvalue weighted by Crippen LogP contribution is -2.40. The molecule has 0 aliphatic heterocycles. The summed E-state index contributed by atoms with van der Waals surface area (Å²) in [5, 5.41) is 2.71. The fourth-order valence-corrected chi connectivity index (χ4v) is 2.27. The molecule has 1 N–H and O–H groups in total. The fourth-order valence-electron chi connectivity index (χ4n) is 2.27. The van der Waals surface area contributed by atoms with E-state index in [4.69, 9.17) is 4.74 Å². The Morgan fingerprint density at radius 3 is 2.33 bits per heavy atom. The van der Waals surface area contributed by atoms with Crippen molar-refractivity contribution in [2.24, 2.45) is 0 Å². The maximum Gasteiger partial charge on any atom is 0.258 e. The van der Waals surface area contributed by atoms with E-state index in [2.05, 4.69) is 5.32 Å². The molecule has 0 saturated heterocycles. The van der Waals surface area contributed by atoms with Gasteiger partial charge in [0.25, 0.3) is 5.91 Å². The first-order chi connectivity index (χ1) is 11.7. The zero-order valence-corrected chi connectivity index (χ0v) is 14.0. The molecule has 2 amide bonds. The van der Waals surface area contributed by atoms with Gasteiger partial charge in [0.1, 0.15) is 11.5 Å². The van der Waals surface area contributed by atoms with E-state index >= 15 is 0 Å². The number of nitrogens with one attached hydrogen (secondary N) is 1. The third kappa shape index (κ3) is 4.59. The highest BCUT2D eigenvalue weighted by molar-refractivity contribution is 5.98. The van der Waals surface area contributed by atoms with Crippen LogP contribution in [0, 0.1) is 0 Å². The van der Waals surface area contributed by atoms with Gasteiger partial charge in [-0.05, 0) is 38.1 Å². The SMILES string of the molecule is CCNC(=O)CN(CC)C(=O)c1ccccc1Oc1ccccc1. The van der Waals surface area contributed by atoms with E-state index in [0.717, 1.165) is 0 Å². The summed E-state index contributed by atoms with van der Waals surface area (Å²) >= 11 is 0. The minimum absolute atomic E-state index is 0.0306. The number of likely N-dealkylation sites (N-methyl/N-ethyl adjacent to an activating group) is 2. The highest BCUT2D eigenvalue weighted by atomic mass is 16.5. The summed E-state index contributed by atoms with van der Waals surface area (Å²) in [7, 11) is 0. The number of amides is 2. The van der Waals surface area contributed by atoms with Crippen LogP contribution in [0.25, 0.3) is 0 Å². The summed E-state index contributed by atoms with van der Waals surface area (Å²) in [6, 6.07) is 16.3. The van der Waals surface area contributed by atoms with Gasteiger partial charge in [0.2, 0.25) is 5.91 Å². The van der Waals surface area contributed by atoms with Gasteiger partial charge in [-0.1, -0.05) is 30.3 Å². The number of carbonyl (C=O) groups excluding carboxylic acids is 2. The van der Waals surface area contributed by atoms with Crippen molar-refractivity contribution in [2.45, 2.75) is 13.8 Å². The van der Waals surface area contributed by atoms with Crippen molar-refractivity contribution in [3.8, 4) is 11.5 Å². The van der Waals surface area contributed by atoms with Crippen molar-refractivity contribution in [1.29, 1.82) is 0 Å². The van der Waals surface area contributed by atoms with E-state index < -0.39 is 0 Å². The van der Waals surface area contributed by atoms with E-state index in [1.165, 1.54) is 4.90 Å². The maximum absolute atomic E-state index is 12.8. The van der Waals surface area contributed by atoms with Gasteiger partial charge in [-0.25, -0.2) is 0 Å². The topological polar surface area (TPSA) is 58.6 Å². The second kappa shape index (κ2) is 8.72. The van der Waals surface area contributed by atoms with Crippen molar-refractivity contribution < 1.29 is 14.3 Å². The minimum Gasteiger partial charge on any atom is -0.457 e. The van der Waals surface area contributed by atoms with Gasteiger partial charge >= 0.3 is 0 Å². The Labute approximate surface area is 142 Å². The van der Waals surface area contributed by atoms with Crippen LogP contribution in [-0.2, 0) is 4.79 Å². The van der Waals surface area contributed by atoms with Crippen LogP contribution >= 0.6 is 0 Å².